The number of benzene rings is 1. The number of aromatic amines is 1. The molecule has 10 nitrogen and oxygen atoms in total. The monoisotopic (exact) mass is 464 g/mol. The standard InChI is InChI=1S/C20H20N6O3.C4H8O/c1-29-18-13(12-8-23-24-9-12)3-2-4-15(18)25-16-7-17(22-10-14(16)19(21)27)26-20(28)11-5-6-11;1-2-4-5-3-1/h2-4,7-11H,5-6H2,1H3,(H2,21,27)(H,23,24)(H2,22,25,26,28);1-4H2. The Bertz CT molecular complexity index is 1130. The van der Waals surface area contributed by atoms with Gasteiger partial charge in [-0.3, -0.25) is 14.7 Å². The molecule has 10 heteroatoms. The van der Waals surface area contributed by atoms with Gasteiger partial charge in [0.15, 0.2) is 0 Å². The molecule has 3 aromatic rings. The number of ether oxygens (including phenoxy) is 2. The smallest absolute Gasteiger partial charge is 0.252 e. The Kier molecular flexibility index (Phi) is 7.38. The molecule has 1 aromatic carbocycles. The second-order valence-electron chi connectivity index (χ2n) is 8.06. The number of nitrogens with two attached hydrogens (primary N) is 1. The second kappa shape index (κ2) is 10.8. The largest absolute Gasteiger partial charge is 0.494 e. The highest BCUT2D eigenvalue weighted by Crippen LogP contribution is 2.38. The van der Waals surface area contributed by atoms with E-state index in [1.807, 2.05) is 18.2 Å². The van der Waals surface area contributed by atoms with Crippen molar-refractivity contribution in [3.05, 3.63) is 48.4 Å². The number of carbonyl (C=O) groups excluding carboxylic acids is 2. The minimum Gasteiger partial charge on any atom is -0.494 e. The maximum atomic E-state index is 12.0. The summed E-state index contributed by atoms with van der Waals surface area (Å²) in [6, 6.07) is 7.16. The Labute approximate surface area is 197 Å². The Morgan fingerprint density at radius 2 is 1.97 bits per heavy atom. The number of rotatable bonds is 7. The van der Waals surface area contributed by atoms with E-state index >= 15 is 0 Å². The van der Waals surface area contributed by atoms with Crippen LogP contribution < -0.4 is 21.1 Å². The molecule has 2 aromatic heterocycles. The SMILES string of the molecule is C1CCOC1.COc1c(Nc2cc(NC(=O)C3CC3)ncc2C(N)=O)cccc1-c1cn[nH]c1. The third-order valence-electron chi connectivity index (χ3n) is 5.49. The van der Waals surface area contributed by atoms with Gasteiger partial charge >= 0.3 is 0 Å². The van der Waals surface area contributed by atoms with Gasteiger partial charge in [-0.1, -0.05) is 12.1 Å². The number of H-pyrrole nitrogens is 1. The predicted octanol–water partition coefficient (Wildman–Crippen LogP) is 3.47. The number of primary amides is 1. The van der Waals surface area contributed by atoms with Crippen LogP contribution >= 0.6 is 0 Å². The number of aromatic nitrogens is 3. The fourth-order valence-electron chi connectivity index (χ4n) is 3.53. The molecule has 5 N–H and O–H groups in total. The van der Waals surface area contributed by atoms with E-state index in [4.69, 9.17) is 15.2 Å². The van der Waals surface area contributed by atoms with Crippen molar-refractivity contribution in [2.45, 2.75) is 25.7 Å². The van der Waals surface area contributed by atoms with Gasteiger partial charge in [0.05, 0.1) is 30.2 Å². The van der Waals surface area contributed by atoms with Crippen molar-refractivity contribution in [2.75, 3.05) is 31.0 Å². The first-order valence-electron chi connectivity index (χ1n) is 11.2. The molecule has 0 spiro atoms. The van der Waals surface area contributed by atoms with Crippen LogP contribution in [-0.4, -0.2) is 47.3 Å². The van der Waals surface area contributed by atoms with Gasteiger partial charge in [-0.05, 0) is 31.7 Å². The maximum absolute atomic E-state index is 12.0. The van der Waals surface area contributed by atoms with Crippen LogP contribution in [0.1, 0.15) is 36.0 Å². The van der Waals surface area contributed by atoms with Gasteiger partial charge in [0, 0.05) is 48.7 Å². The summed E-state index contributed by atoms with van der Waals surface area (Å²) in [5.41, 5.74) is 8.42. The van der Waals surface area contributed by atoms with Crippen LogP contribution in [0.3, 0.4) is 0 Å². The zero-order valence-electron chi connectivity index (χ0n) is 19.0. The molecule has 0 radical (unpaired) electrons. The second-order valence-corrected chi connectivity index (χ2v) is 8.06. The molecule has 2 amide bonds. The zero-order valence-corrected chi connectivity index (χ0v) is 19.0. The van der Waals surface area contributed by atoms with Crippen molar-refractivity contribution in [1.29, 1.82) is 0 Å². The number of nitrogens with one attached hydrogen (secondary N) is 3. The van der Waals surface area contributed by atoms with Gasteiger partial charge < -0.3 is 25.8 Å². The summed E-state index contributed by atoms with van der Waals surface area (Å²) in [5.74, 6) is 0.250. The molecule has 1 aliphatic carbocycles. The van der Waals surface area contributed by atoms with E-state index in [9.17, 15) is 9.59 Å². The van der Waals surface area contributed by atoms with Crippen LogP contribution in [0, 0.1) is 5.92 Å². The molecule has 2 aliphatic rings. The molecule has 34 heavy (non-hydrogen) atoms. The van der Waals surface area contributed by atoms with Crippen LogP contribution in [0.15, 0.2) is 42.9 Å². The van der Waals surface area contributed by atoms with Gasteiger partial charge in [-0.25, -0.2) is 4.98 Å². The summed E-state index contributed by atoms with van der Waals surface area (Å²) in [5, 5.41) is 12.7. The van der Waals surface area contributed by atoms with Gasteiger partial charge in [0.25, 0.3) is 5.91 Å². The number of anilines is 3. The molecule has 2 fully saturated rings. The average Bonchev–Trinajstić information content (AvgIpc) is 3.26. The zero-order chi connectivity index (χ0) is 23.9. The third kappa shape index (κ3) is 5.70. The fourth-order valence-corrected chi connectivity index (χ4v) is 3.53. The van der Waals surface area contributed by atoms with Crippen molar-refractivity contribution >= 4 is 29.0 Å². The highest BCUT2D eigenvalue weighted by Gasteiger charge is 2.30. The minimum absolute atomic E-state index is 0.0377. The first kappa shape index (κ1) is 23.2. The summed E-state index contributed by atoms with van der Waals surface area (Å²) >= 11 is 0. The van der Waals surface area contributed by atoms with Crippen LogP contribution in [0.4, 0.5) is 17.2 Å². The quantitative estimate of drug-likeness (QED) is 0.419. The highest BCUT2D eigenvalue weighted by atomic mass is 16.5. The van der Waals surface area contributed by atoms with Crippen molar-refractivity contribution in [1.82, 2.24) is 15.2 Å². The Morgan fingerprint density at radius 3 is 2.56 bits per heavy atom. The number of pyridine rings is 1. The lowest BCUT2D eigenvalue weighted by molar-refractivity contribution is -0.117. The Balaban J connectivity index is 0.000000486. The number of amides is 2. The number of para-hydroxylation sites is 1. The normalized spacial score (nSPS) is 14.6. The number of nitrogens with zero attached hydrogens (tertiary/aromatic N) is 2. The van der Waals surface area contributed by atoms with E-state index < -0.39 is 5.91 Å². The van der Waals surface area contributed by atoms with E-state index in [2.05, 4.69) is 25.8 Å². The Morgan fingerprint density at radius 1 is 1.18 bits per heavy atom. The van der Waals surface area contributed by atoms with Gasteiger partial charge in [-0.15, -0.1) is 0 Å². The molecule has 0 unspecified atom stereocenters. The molecule has 178 valence electrons. The molecular formula is C24H28N6O4. The van der Waals surface area contributed by atoms with Crippen molar-refractivity contribution in [2.24, 2.45) is 11.7 Å². The average molecular weight is 465 g/mol. The fraction of sp³-hybridized carbons (Fsp3) is 0.333. The van der Waals surface area contributed by atoms with E-state index in [0.29, 0.717) is 22.9 Å². The summed E-state index contributed by atoms with van der Waals surface area (Å²) < 4.78 is 10.5. The molecule has 3 heterocycles. The number of hydrogen-bond donors (Lipinski definition) is 4. The van der Waals surface area contributed by atoms with Crippen LogP contribution in [0.25, 0.3) is 11.1 Å². The minimum atomic E-state index is -0.634. The highest BCUT2D eigenvalue weighted by molar-refractivity contribution is 6.01. The van der Waals surface area contributed by atoms with E-state index in [-0.39, 0.29) is 17.4 Å². The molecular weight excluding hydrogens is 436 g/mol. The summed E-state index contributed by atoms with van der Waals surface area (Å²) in [7, 11) is 1.56. The first-order valence-corrected chi connectivity index (χ1v) is 11.2. The van der Waals surface area contributed by atoms with Crippen molar-refractivity contribution in [3.63, 3.8) is 0 Å². The number of carbonyl (C=O) groups is 2. The summed E-state index contributed by atoms with van der Waals surface area (Å²) in [6.45, 7) is 2.00. The maximum Gasteiger partial charge on any atom is 0.252 e. The first-order chi connectivity index (χ1) is 16.6. The number of hydrogen-bond acceptors (Lipinski definition) is 7. The van der Waals surface area contributed by atoms with E-state index in [1.165, 1.54) is 19.0 Å². The lowest BCUT2D eigenvalue weighted by atomic mass is 10.1. The van der Waals surface area contributed by atoms with Crippen LogP contribution in [0.5, 0.6) is 5.75 Å². The molecule has 1 saturated carbocycles. The van der Waals surface area contributed by atoms with E-state index in [1.54, 1.807) is 25.6 Å². The Hall–Kier alpha value is -3.92. The number of methoxy groups -OCH3 is 1. The summed E-state index contributed by atoms with van der Waals surface area (Å²) in [4.78, 5) is 28.1. The lowest BCUT2D eigenvalue weighted by Gasteiger charge is -2.16. The third-order valence-corrected chi connectivity index (χ3v) is 5.49. The van der Waals surface area contributed by atoms with Crippen molar-refractivity contribution < 1.29 is 19.1 Å². The lowest BCUT2D eigenvalue weighted by Crippen LogP contribution is -2.17. The van der Waals surface area contributed by atoms with Crippen LogP contribution in [-0.2, 0) is 9.53 Å². The topological polar surface area (TPSA) is 144 Å². The van der Waals surface area contributed by atoms with Crippen LogP contribution in [0.2, 0.25) is 0 Å². The summed E-state index contributed by atoms with van der Waals surface area (Å²) in [6.07, 6.45) is 9.12. The predicted molar refractivity (Wildman–Crippen MR) is 128 cm³/mol. The molecule has 0 atom stereocenters. The molecule has 1 saturated heterocycles. The van der Waals surface area contributed by atoms with E-state index in [0.717, 1.165) is 37.2 Å². The molecule has 5 rings (SSSR count). The molecule has 1 aliphatic heterocycles. The molecule has 0 bridgehead atoms. The van der Waals surface area contributed by atoms with Gasteiger partial charge in [0.2, 0.25) is 5.91 Å². The van der Waals surface area contributed by atoms with Gasteiger partial charge in [0.1, 0.15) is 11.6 Å². The van der Waals surface area contributed by atoms with Gasteiger partial charge in [-0.2, -0.15) is 5.10 Å². The van der Waals surface area contributed by atoms with Crippen molar-refractivity contribution in [3.8, 4) is 16.9 Å².